The third-order valence-corrected chi connectivity index (χ3v) is 17.9. The second-order valence-corrected chi connectivity index (χ2v) is 26.4. The van der Waals surface area contributed by atoms with Crippen LogP contribution in [0.5, 0.6) is 0 Å². The number of aliphatic carboxylic acids is 1. The average molecular weight is 1570 g/mol. The molecule has 54 nitrogen and oxygen atoms in total. The van der Waals surface area contributed by atoms with E-state index in [1.807, 2.05) is 0 Å². The van der Waals surface area contributed by atoms with Crippen molar-refractivity contribution < 1.29 is 149 Å². The minimum Gasteiger partial charge on any atom is -0.479 e. The molecule has 33 atom stereocenters. The van der Waals surface area contributed by atoms with Crippen LogP contribution < -0.4 is 16.8 Å². The fourth-order valence-electron chi connectivity index (χ4n) is 12.1. The molecule has 614 valence electrons. The topological polar surface area (TPSA) is 923 Å². The summed E-state index contributed by atoms with van der Waals surface area (Å²) in [5.74, 6) is -4.33. The van der Waals surface area contributed by atoms with Gasteiger partial charge in [0, 0.05) is 60.3 Å². The zero-order chi connectivity index (χ0) is 82.3. The van der Waals surface area contributed by atoms with E-state index in [2.05, 4.69) is 75.5 Å². The van der Waals surface area contributed by atoms with Crippen LogP contribution in [0.2, 0.25) is 0 Å². The summed E-state index contributed by atoms with van der Waals surface area (Å²) in [7, 11) is 0. The van der Waals surface area contributed by atoms with Gasteiger partial charge in [0.1, 0.15) is 97.0 Å². The number of nitrogens with two attached hydrogens (primary N) is 2. The van der Waals surface area contributed by atoms with Gasteiger partial charge in [0.25, 0.3) is 0 Å². The summed E-state index contributed by atoms with van der Waals surface area (Å²) in [4.78, 5) is 64.6. The molecule has 3 heterocycles. The van der Waals surface area contributed by atoms with Crippen molar-refractivity contribution in [3.8, 4) is 0 Å². The van der Waals surface area contributed by atoms with Crippen molar-refractivity contribution in [1.29, 1.82) is 0 Å². The summed E-state index contributed by atoms with van der Waals surface area (Å²) in [5.41, 5.74) is 70.8. The van der Waals surface area contributed by atoms with E-state index in [0.717, 1.165) is 0 Å². The summed E-state index contributed by atoms with van der Waals surface area (Å²) in [5, 5.41) is 215. The summed E-state index contributed by atoms with van der Waals surface area (Å²) in [6, 6.07) is -8.67. The maximum atomic E-state index is 12.3. The maximum absolute atomic E-state index is 12.3. The number of Topliss-reactive ketones (excluding diaryl/α,β-unsaturated/α-hetero) is 2. The fourth-order valence-corrected chi connectivity index (χ4v) is 12.1. The Bertz CT molecular complexity index is 3250. The van der Waals surface area contributed by atoms with Crippen LogP contribution in [0.1, 0.15) is 72.1 Å². The lowest BCUT2D eigenvalue weighted by Gasteiger charge is -2.46. The van der Waals surface area contributed by atoms with Crippen LogP contribution in [0.3, 0.4) is 0 Å². The second-order valence-electron chi connectivity index (χ2n) is 26.4. The first-order chi connectivity index (χ1) is 51.5. The van der Waals surface area contributed by atoms with Gasteiger partial charge in [0.2, 0.25) is 0 Å². The number of alkyl carbamates (subject to hydrolysis) is 1. The molecule has 0 radical (unpaired) electrons. The zero-order valence-corrected chi connectivity index (χ0v) is 58.5. The molecule has 6 rings (SSSR count). The Labute approximate surface area is 615 Å². The number of hydrogen-bond acceptors (Lipinski definition) is 38. The molecule has 54 heteroatoms. The highest BCUT2D eigenvalue weighted by Gasteiger charge is 2.54. The smallest absolute Gasteiger partial charge is 0.407 e. The van der Waals surface area contributed by atoms with Gasteiger partial charge in [-0.2, -0.15) is 0 Å². The Morgan fingerprint density at radius 3 is 1.18 bits per heavy atom. The number of rotatable bonds is 30. The summed E-state index contributed by atoms with van der Waals surface area (Å²) in [6.45, 7) is 2.81. The van der Waals surface area contributed by atoms with Gasteiger partial charge in [-0.25, -0.2) is 9.59 Å². The number of ketones is 2. The van der Waals surface area contributed by atoms with E-state index in [4.69, 9.17) is 93.6 Å². The van der Waals surface area contributed by atoms with E-state index in [9.17, 15) is 106 Å². The minimum absolute atomic E-state index is 0.00394. The van der Waals surface area contributed by atoms with Crippen molar-refractivity contribution >= 4 is 23.6 Å². The highest BCUT2D eigenvalue weighted by atomic mass is 16.7. The van der Waals surface area contributed by atoms with Gasteiger partial charge in [-0.05, 0) is 116 Å². The van der Waals surface area contributed by atoms with Gasteiger partial charge in [-0.15, -0.1) is 0 Å². The van der Waals surface area contributed by atoms with E-state index in [-0.39, 0.29) is 64.6 Å². The second kappa shape index (κ2) is 46.8. The Balaban J connectivity index is 0.000000398. The number of ether oxygens (including phenoxy) is 7. The quantitative estimate of drug-likeness (QED) is 0.0181. The first kappa shape index (κ1) is 95.4. The number of carboxylic acid groups (broad SMARTS) is 1. The van der Waals surface area contributed by atoms with Gasteiger partial charge < -0.3 is 147 Å². The number of carbonyl (C=O) groups is 4. The molecule has 3 saturated carbocycles. The van der Waals surface area contributed by atoms with E-state index < -0.39 is 257 Å². The number of aliphatic hydroxyl groups is 18. The number of carbonyl (C=O) groups excluding carboxylic acids is 3. The molecule has 12 unspecified atom stereocenters. The molecule has 0 bridgehead atoms. The molecule has 1 amide bonds. The molecule has 24 N–H and O–H groups in total. The standard InChI is InChI=1S/C17H27N9O9.C17H29N7O9.C17H31N5O9.C4H7N3O3/c18-24-21-2-1-8(28)9(29)4-6-3-7(22-25-19)16(15(33)12(6)30)35-17-11(23-26-20)14(32)13(31)10(5-27)34-17;1-17(2,3)33-16(30)20-6-4-7(21-23-18)14(13(29)10(6)26)32-15-9(22-24-19)12(28)11(27)8(5-25)31-15;18-2-1-8(24)9(25)4-6-3-7(21-22-20)16(15(29)12(6)26)31-17-11(19)14(28)13(27)10(5-23)30-17;5-7-6-2-1-3(8)4(9)10/h6-8,10-17,27-28,30-33H,1-5H2;6-15,25-29H,4-5H2,1-3H3,(H,20,30);6-8,10-17,23-24,26-29H,1-5,18-19H2;3,8H,1-2H2,(H,9,10)/t6-,7?,8-,10?,11?,12?,13+,14+,15+,16+,17+;6-,7?,8?,9?,10?,11-,12-,13-,14-,15-;6-,7?,8-,10?,11?,12?,13+,14+,15+,16+,17+;3-/m0100/s1. The van der Waals surface area contributed by atoms with Crippen LogP contribution in [0.15, 0.2) is 35.8 Å². The van der Waals surface area contributed by atoms with Crippen molar-refractivity contribution in [1.82, 2.24) is 5.32 Å². The molecule has 3 aliphatic carbocycles. The highest BCUT2D eigenvalue weighted by molar-refractivity contribution is 5.83. The summed E-state index contributed by atoms with van der Waals surface area (Å²) in [6.07, 6.45) is -38.2. The van der Waals surface area contributed by atoms with Crippen LogP contribution in [-0.2, 0) is 47.5 Å². The van der Waals surface area contributed by atoms with Crippen molar-refractivity contribution in [2.45, 2.75) is 267 Å². The van der Waals surface area contributed by atoms with Crippen LogP contribution >= 0.6 is 0 Å². The number of nitrogens with zero attached hydrogens (tertiary/aromatic N) is 21. The maximum Gasteiger partial charge on any atom is 0.407 e. The third-order valence-electron chi connectivity index (χ3n) is 17.9. The number of carboxylic acids is 1. The monoisotopic (exact) mass is 1570 g/mol. The van der Waals surface area contributed by atoms with Gasteiger partial charge in [0.05, 0.1) is 92.8 Å². The molecule has 0 aromatic carbocycles. The van der Waals surface area contributed by atoms with Gasteiger partial charge in [0.15, 0.2) is 36.5 Å². The average Bonchev–Trinajstić information content (AvgIpc) is 0.795. The largest absolute Gasteiger partial charge is 0.479 e. The number of aliphatic hydroxyl groups excluding tert-OH is 18. The van der Waals surface area contributed by atoms with Gasteiger partial charge in [-0.1, -0.05) is 35.8 Å². The van der Waals surface area contributed by atoms with Crippen molar-refractivity contribution in [2.24, 2.45) is 59.1 Å². The molecule has 3 saturated heterocycles. The molecule has 6 fully saturated rings. The molecular formula is C55H94N24O30. The van der Waals surface area contributed by atoms with Crippen LogP contribution in [-0.4, -0.2) is 355 Å². The van der Waals surface area contributed by atoms with Crippen LogP contribution in [0, 0.1) is 11.8 Å². The Kier molecular flexibility index (Phi) is 40.9. The van der Waals surface area contributed by atoms with E-state index in [1.54, 1.807) is 20.8 Å². The van der Waals surface area contributed by atoms with Crippen LogP contribution in [0.4, 0.5) is 4.79 Å². The third kappa shape index (κ3) is 27.6. The Hall–Kier alpha value is -7.79. The SMILES string of the molecule is CC(C)(C)OC(=O)N[C@@H]1CC(N=[N+]=[N-])[C@@H](O[C@H]2OC(CO)[C@@H](O)[C@H](O)C2N=[N+]=[N-])[C@H](O)C1O.[N-]=[N+]=NC1C[C@@H](CC(=O)[C@@H](O)CCN)C(O)[C@@H](O)[C@@H]1O[C@H]1OC(CO)[C@@H](O)[C@H](O)C1N.[N-]=[N+]=NCC[C@H](O)C(=O)C[C@@H]1CC(N=[N+]=[N-])[C@@H](O[C@H]2OC(CO)[C@@H](O)[C@H](O)C2N=[N+]=[N-])[C@H](O)C1O.[N-]=[N+]=NCC[C@H](O)C(=O)O. The Morgan fingerprint density at radius 1 is 0.477 bits per heavy atom. The zero-order valence-electron chi connectivity index (χ0n) is 58.5. The predicted octanol–water partition coefficient (Wildman–Crippen LogP) is -5.52. The van der Waals surface area contributed by atoms with Crippen LogP contribution in [0.25, 0.3) is 73.1 Å². The Morgan fingerprint density at radius 2 is 0.826 bits per heavy atom. The lowest BCUT2D eigenvalue weighted by molar-refractivity contribution is -0.295. The van der Waals surface area contributed by atoms with E-state index in [0.29, 0.717) is 0 Å². The van der Waals surface area contributed by atoms with E-state index >= 15 is 0 Å². The summed E-state index contributed by atoms with van der Waals surface area (Å²) >= 11 is 0. The molecule has 109 heavy (non-hydrogen) atoms. The number of nitrogens with one attached hydrogen (secondary N) is 1. The summed E-state index contributed by atoms with van der Waals surface area (Å²) < 4.78 is 38.1. The van der Waals surface area contributed by atoms with Crippen molar-refractivity contribution in [3.63, 3.8) is 0 Å². The highest BCUT2D eigenvalue weighted by Crippen LogP contribution is 2.38. The number of hydrogen-bond donors (Lipinski definition) is 22. The van der Waals surface area contributed by atoms with Gasteiger partial charge >= 0.3 is 12.1 Å². The van der Waals surface area contributed by atoms with Crippen molar-refractivity contribution in [3.05, 3.63) is 73.1 Å². The molecule has 6 aliphatic rings. The minimum atomic E-state index is -1.75. The molecule has 3 aliphatic heterocycles. The fraction of sp³-hybridized carbons (Fsp3) is 0.927. The molecule has 0 aromatic rings. The molecular weight excluding hydrogens is 1480 g/mol. The number of amides is 1. The van der Waals surface area contributed by atoms with E-state index in [1.165, 1.54) is 0 Å². The first-order valence-corrected chi connectivity index (χ1v) is 33.4. The predicted molar refractivity (Wildman–Crippen MR) is 356 cm³/mol. The lowest BCUT2D eigenvalue weighted by Crippen LogP contribution is -2.65. The lowest BCUT2D eigenvalue weighted by atomic mass is 9.76. The van der Waals surface area contributed by atoms with Gasteiger partial charge in [-0.3, -0.25) is 9.59 Å². The number of azide groups is 7. The molecule has 0 aromatic heterocycles. The molecule has 0 spiro atoms. The van der Waals surface area contributed by atoms with Crippen molar-refractivity contribution in [2.75, 3.05) is 39.5 Å². The first-order valence-electron chi connectivity index (χ1n) is 33.4. The normalized spacial score (nSPS) is 36.9.